The van der Waals surface area contributed by atoms with E-state index in [-0.39, 0.29) is 16.9 Å². The van der Waals surface area contributed by atoms with E-state index in [0.29, 0.717) is 12.0 Å². The van der Waals surface area contributed by atoms with Gasteiger partial charge < -0.3 is 0 Å². The van der Waals surface area contributed by atoms with Crippen molar-refractivity contribution in [2.75, 3.05) is 0 Å². The Kier molecular flexibility index (Phi) is 5.74. The maximum atomic E-state index is 14.0. The van der Waals surface area contributed by atoms with Crippen LogP contribution in [0.15, 0.2) is 42.5 Å². The van der Waals surface area contributed by atoms with Gasteiger partial charge in [0.15, 0.2) is 0 Å². The third-order valence-corrected chi connectivity index (χ3v) is 3.87. The van der Waals surface area contributed by atoms with E-state index in [9.17, 15) is 4.39 Å². The van der Waals surface area contributed by atoms with Crippen molar-refractivity contribution in [3.63, 3.8) is 0 Å². The highest BCUT2D eigenvalue weighted by Gasteiger charge is 2.14. The summed E-state index contributed by atoms with van der Waals surface area (Å²) in [5.74, 6) is 5.26. The molecule has 0 saturated carbocycles. The second-order valence-electron chi connectivity index (χ2n) is 5.13. The molecule has 0 radical (unpaired) electrons. The van der Waals surface area contributed by atoms with Crippen LogP contribution in [0.4, 0.5) is 4.39 Å². The molecule has 0 saturated heterocycles. The molecular formula is C17H20ClFN2. The standard InChI is InChI=1S/C17H20ClFN2/c1-2-4-12-7-9-13(10-8-12)16(21-20)11-14-5-3-6-15(18)17(14)19/h3,5-10,16,21H,2,4,11,20H2,1H3. The minimum atomic E-state index is -0.373. The summed E-state index contributed by atoms with van der Waals surface area (Å²) in [5.41, 5.74) is 5.65. The van der Waals surface area contributed by atoms with E-state index in [2.05, 4.69) is 24.5 Å². The molecule has 0 fully saturated rings. The van der Waals surface area contributed by atoms with E-state index in [1.54, 1.807) is 18.2 Å². The minimum Gasteiger partial charge on any atom is -0.271 e. The predicted molar refractivity (Wildman–Crippen MR) is 85.6 cm³/mol. The van der Waals surface area contributed by atoms with E-state index < -0.39 is 0 Å². The molecule has 0 amide bonds. The molecule has 2 aromatic carbocycles. The van der Waals surface area contributed by atoms with Crippen LogP contribution in [0.3, 0.4) is 0 Å². The molecule has 3 N–H and O–H groups in total. The van der Waals surface area contributed by atoms with Crippen LogP contribution in [-0.4, -0.2) is 0 Å². The predicted octanol–water partition coefficient (Wildman–Crippen LogP) is 4.18. The first kappa shape index (κ1) is 16.0. The highest BCUT2D eigenvalue weighted by molar-refractivity contribution is 6.30. The molecule has 112 valence electrons. The molecule has 0 heterocycles. The van der Waals surface area contributed by atoms with Gasteiger partial charge in [0.2, 0.25) is 0 Å². The number of nitrogens with two attached hydrogens (primary N) is 1. The molecule has 21 heavy (non-hydrogen) atoms. The number of hydrogen-bond acceptors (Lipinski definition) is 2. The summed E-state index contributed by atoms with van der Waals surface area (Å²) in [4.78, 5) is 0. The number of benzene rings is 2. The number of rotatable bonds is 6. The van der Waals surface area contributed by atoms with E-state index in [1.165, 1.54) is 5.56 Å². The lowest BCUT2D eigenvalue weighted by Gasteiger charge is -2.17. The van der Waals surface area contributed by atoms with Crippen molar-refractivity contribution in [1.29, 1.82) is 0 Å². The molecule has 1 atom stereocenters. The number of halogens is 2. The first-order valence-corrected chi connectivity index (χ1v) is 7.51. The average molecular weight is 307 g/mol. The van der Waals surface area contributed by atoms with Gasteiger partial charge >= 0.3 is 0 Å². The van der Waals surface area contributed by atoms with Gasteiger partial charge in [0.25, 0.3) is 0 Å². The molecule has 2 aromatic rings. The van der Waals surface area contributed by atoms with Crippen LogP contribution in [0.25, 0.3) is 0 Å². The van der Waals surface area contributed by atoms with Gasteiger partial charge in [0, 0.05) is 0 Å². The van der Waals surface area contributed by atoms with Gasteiger partial charge in [-0.1, -0.05) is 61.3 Å². The molecule has 0 bridgehead atoms. The summed E-state index contributed by atoms with van der Waals surface area (Å²) in [6.45, 7) is 2.15. The largest absolute Gasteiger partial charge is 0.271 e. The second kappa shape index (κ2) is 7.55. The average Bonchev–Trinajstić information content (AvgIpc) is 2.50. The van der Waals surface area contributed by atoms with Crippen LogP contribution in [0.2, 0.25) is 5.02 Å². The molecule has 0 aliphatic carbocycles. The van der Waals surface area contributed by atoms with Crippen LogP contribution in [0.5, 0.6) is 0 Å². The van der Waals surface area contributed by atoms with Crippen molar-refractivity contribution in [1.82, 2.24) is 5.43 Å². The number of aryl methyl sites for hydroxylation is 1. The number of nitrogens with one attached hydrogen (secondary N) is 1. The summed E-state index contributed by atoms with van der Waals surface area (Å²) in [6, 6.07) is 13.2. The van der Waals surface area contributed by atoms with Crippen LogP contribution < -0.4 is 11.3 Å². The van der Waals surface area contributed by atoms with Gasteiger partial charge in [-0.25, -0.2) is 4.39 Å². The molecule has 0 aliphatic rings. The zero-order valence-electron chi connectivity index (χ0n) is 12.1. The lowest BCUT2D eigenvalue weighted by molar-refractivity contribution is 0.529. The zero-order valence-corrected chi connectivity index (χ0v) is 12.8. The van der Waals surface area contributed by atoms with Crippen LogP contribution in [0.1, 0.15) is 36.1 Å². The van der Waals surface area contributed by atoms with Crippen molar-refractivity contribution in [3.05, 3.63) is 70.0 Å². The summed E-state index contributed by atoms with van der Waals surface area (Å²) in [6.07, 6.45) is 2.63. The Morgan fingerprint density at radius 1 is 1.19 bits per heavy atom. The van der Waals surface area contributed by atoms with Crippen molar-refractivity contribution in [3.8, 4) is 0 Å². The van der Waals surface area contributed by atoms with Gasteiger partial charge in [-0.15, -0.1) is 0 Å². The van der Waals surface area contributed by atoms with Crippen molar-refractivity contribution < 1.29 is 4.39 Å². The van der Waals surface area contributed by atoms with E-state index in [4.69, 9.17) is 17.4 Å². The SMILES string of the molecule is CCCc1ccc(C(Cc2cccc(Cl)c2F)NN)cc1. The first-order valence-electron chi connectivity index (χ1n) is 7.13. The maximum Gasteiger partial charge on any atom is 0.145 e. The second-order valence-corrected chi connectivity index (χ2v) is 5.54. The van der Waals surface area contributed by atoms with Gasteiger partial charge in [0.05, 0.1) is 11.1 Å². The Labute approximate surface area is 130 Å². The van der Waals surface area contributed by atoms with Crippen LogP contribution in [-0.2, 0) is 12.8 Å². The number of hydrazine groups is 1. The van der Waals surface area contributed by atoms with Gasteiger partial charge in [-0.3, -0.25) is 11.3 Å². The highest BCUT2D eigenvalue weighted by atomic mass is 35.5. The van der Waals surface area contributed by atoms with Gasteiger partial charge in [-0.2, -0.15) is 0 Å². The van der Waals surface area contributed by atoms with Crippen molar-refractivity contribution in [2.45, 2.75) is 32.2 Å². The van der Waals surface area contributed by atoms with Crippen molar-refractivity contribution in [2.24, 2.45) is 5.84 Å². The summed E-state index contributed by atoms with van der Waals surface area (Å²) in [7, 11) is 0. The molecule has 0 aromatic heterocycles. The smallest absolute Gasteiger partial charge is 0.145 e. The Morgan fingerprint density at radius 3 is 2.52 bits per heavy atom. The zero-order chi connectivity index (χ0) is 15.2. The van der Waals surface area contributed by atoms with Crippen LogP contribution in [0, 0.1) is 5.82 Å². The van der Waals surface area contributed by atoms with Gasteiger partial charge in [0.1, 0.15) is 5.82 Å². The first-order chi connectivity index (χ1) is 10.2. The Balaban J connectivity index is 2.17. The fourth-order valence-corrected chi connectivity index (χ4v) is 2.60. The summed E-state index contributed by atoms with van der Waals surface area (Å²) < 4.78 is 14.0. The highest BCUT2D eigenvalue weighted by Crippen LogP contribution is 2.24. The van der Waals surface area contributed by atoms with Crippen LogP contribution >= 0.6 is 11.6 Å². The summed E-state index contributed by atoms with van der Waals surface area (Å²) >= 11 is 5.82. The quantitative estimate of drug-likeness (QED) is 0.620. The molecule has 2 rings (SSSR count). The molecule has 0 aliphatic heterocycles. The maximum absolute atomic E-state index is 14.0. The molecular weight excluding hydrogens is 287 g/mol. The monoisotopic (exact) mass is 306 g/mol. The topological polar surface area (TPSA) is 38.0 Å². The minimum absolute atomic E-state index is 0.140. The van der Waals surface area contributed by atoms with Gasteiger partial charge in [-0.05, 0) is 35.6 Å². The fraction of sp³-hybridized carbons (Fsp3) is 0.294. The summed E-state index contributed by atoms with van der Waals surface area (Å²) in [5, 5.41) is 0.140. The molecule has 2 nitrogen and oxygen atoms in total. The Morgan fingerprint density at radius 2 is 1.90 bits per heavy atom. The number of hydrogen-bond donors (Lipinski definition) is 2. The fourth-order valence-electron chi connectivity index (χ4n) is 2.40. The lowest BCUT2D eigenvalue weighted by atomic mass is 9.97. The van der Waals surface area contributed by atoms with E-state index >= 15 is 0 Å². The molecule has 1 unspecified atom stereocenters. The third-order valence-electron chi connectivity index (χ3n) is 3.58. The van der Waals surface area contributed by atoms with E-state index in [0.717, 1.165) is 18.4 Å². The Hall–Kier alpha value is -1.42. The Bertz CT molecular complexity index is 584. The molecule has 0 spiro atoms. The lowest BCUT2D eigenvalue weighted by Crippen LogP contribution is -2.29. The molecule has 4 heteroatoms. The van der Waals surface area contributed by atoms with E-state index in [1.807, 2.05) is 12.1 Å². The normalized spacial score (nSPS) is 12.4. The van der Waals surface area contributed by atoms with Crippen molar-refractivity contribution >= 4 is 11.6 Å². The third kappa shape index (κ3) is 4.03.